The molecule has 0 radical (unpaired) electrons. The van der Waals surface area contributed by atoms with Gasteiger partial charge in [0.1, 0.15) is 0 Å². The summed E-state index contributed by atoms with van der Waals surface area (Å²) in [5.74, 6) is -1.40. The van der Waals surface area contributed by atoms with Crippen LogP contribution in [0.15, 0.2) is 0 Å². The van der Waals surface area contributed by atoms with E-state index in [1.165, 1.54) is 6.92 Å². The third-order valence-corrected chi connectivity index (χ3v) is 8.78. The van der Waals surface area contributed by atoms with Crippen LogP contribution in [-0.4, -0.2) is 20.1 Å². The van der Waals surface area contributed by atoms with E-state index >= 15 is 0 Å². The highest BCUT2D eigenvalue weighted by atomic mass is 28.4. The monoisotopic (exact) mass is 318 g/mol. The minimum Gasteiger partial charge on any atom is -0.296 e. The van der Waals surface area contributed by atoms with Gasteiger partial charge in [-0.15, -0.1) is 4.89 Å². The largest absolute Gasteiger partial charge is 0.339 e. The van der Waals surface area contributed by atoms with E-state index in [1.807, 2.05) is 0 Å². The molecule has 1 aliphatic carbocycles. The first-order valence-electron chi connectivity index (χ1n) is 8.24. The number of rotatable bonds is 8. The first-order chi connectivity index (χ1) is 10.0. The molecule has 0 N–H and O–H groups in total. The predicted molar refractivity (Wildman–Crippen MR) is 82.7 cm³/mol. The van der Waals surface area contributed by atoms with Crippen LogP contribution in [0.1, 0.15) is 66.2 Å². The molecule has 0 aromatic heterocycles. The fourth-order valence-electron chi connectivity index (χ4n) is 2.67. The van der Waals surface area contributed by atoms with Gasteiger partial charge in [-0.2, -0.15) is 0 Å². The smallest absolute Gasteiger partial charge is 0.296 e. The Balaban J connectivity index is 2.73. The summed E-state index contributed by atoms with van der Waals surface area (Å²) >= 11 is 0. The molecule has 1 aliphatic rings. The number of carbonyl (C=O) groups is 1. The zero-order valence-corrected chi connectivity index (χ0v) is 14.9. The zero-order valence-electron chi connectivity index (χ0n) is 13.9. The molecule has 1 saturated carbocycles. The Kier molecular flexibility index (Phi) is 7.87. The summed E-state index contributed by atoms with van der Waals surface area (Å²) in [6.07, 6.45) is 5.66. The van der Waals surface area contributed by atoms with Gasteiger partial charge >= 0.3 is 5.97 Å². The van der Waals surface area contributed by atoms with E-state index in [0.29, 0.717) is 12.8 Å². The van der Waals surface area contributed by atoms with Gasteiger partial charge in [-0.05, 0) is 31.0 Å². The third kappa shape index (κ3) is 5.69. The van der Waals surface area contributed by atoms with E-state index in [9.17, 15) is 4.79 Å². The Labute approximate surface area is 129 Å². The van der Waals surface area contributed by atoms with Gasteiger partial charge in [-0.1, -0.05) is 33.6 Å². The average Bonchev–Trinajstić information content (AvgIpc) is 2.74. The van der Waals surface area contributed by atoms with Gasteiger partial charge in [-0.3, -0.25) is 9.46 Å². The molecule has 0 aliphatic heterocycles. The van der Waals surface area contributed by atoms with E-state index in [4.69, 9.17) is 19.2 Å². The van der Waals surface area contributed by atoms with Crippen molar-refractivity contribution in [1.82, 2.24) is 0 Å². The fraction of sp³-hybridized carbons (Fsp3) is 0.933. The van der Waals surface area contributed by atoms with Gasteiger partial charge in [0.05, 0.1) is 0 Å². The van der Waals surface area contributed by atoms with Crippen LogP contribution in [0.25, 0.3) is 0 Å². The van der Waals surface area contributed by atoms with Gasteiger partial charge in [0.2, 0.25) is 14.1 Å². The second-order valence-electron chi connectivity index (χ2n) is 5.89. The van der Waals surface area contributed by atoms with Crippen LogP contribution >= 0.6 is 0 Å². The minimum absolute atomic E-state index is 0.466. The molecule has 1 rings (SSSR count). The highest BCUT2D eigenvalue weighted by Crippen LogP contribution is 2.34. The lowest BCUT2D eigenvalue weighted by Crippen LogP contribution is -2.43. The molecule has 0 heterocycles. The van der Waals surface area contributed by atoms with Crippen LogP contribution in [0.3, 0.4) is 0 Å². The van der Waals surface area contributed by atoms with E-state index in [-0.39, 0.29) is 0 Å². The van der Waals surface area contributed by atoms with Gasteiger partial charge in [0.25, 0.3) is 0 Å². The van der Waals surface area contributed by atoms with E-state index in [2.05, 4.69) is 20.8 Å². The average molecular weight is 318 g/mol. The lowest BCUT2D eigenvalue weighted by molar-refractivity contribution is -0.477. The molecule has 6 heteroatoms. The van der Waals surface area contributed by atoms with Crippen molar-refractivity contribution in [3.8, 4) is 0 Å². The molecule has 0 saturated heterocycles. The molecule has 0 atom stereocenters. The van der Waals surface area contributed by atoms with Crippen molar-refractivity contribution in [2.24, 2.45) is 0 Å². The first kappa shape index (κ1) is 18.6. The molecule has 0 aromatic rings. The molecule has 0 aromatic carbocycles. The number of hydrogen-bond acceptors (Lipinski definition) is 5. The Morgan fingerprint density at radius 1 is 0.952 bits per heavy atom. The molecule has 5 nitrogen and oxygen atoms in total. The normalized spacial score (nSPS) is 19.0. The SMILES string of the molecule is CC[Si](CC)(CC)OOC1(OOC(C)=O)CCCCCC1. The van der Waals surface area contributed by atoms with Crippen molar-refractivity contribution in [3.63, 3.8) is 0 Å². The highest BCUT2D eigenvalue weighted by Gasteiger charge is 2.41. The first-order valence-corrected chi connectivity index (χ1v) is 10.8. The topological polar surface area (TPSA) is 54.0 Å². The van der Waals surface area contributed by atoms with Crippen molar-refractivity contribution in [1.29, 1.82) is 0 Å². The molecule has 0 amide bonds. The van der Waals surface area contributed by atoms with Gasteiger partial charge in [0, 0.05) is 19.8 Å². The Hall–Kier alpha value is -0.433. The second kappa shape index (κ2) is 8.88. The van der Waals surface area contributed by atoms with Crippen molar-refractivity contribution >= 4 is 14.3 Å². The maximum atomic E-state index is 11.0. The molecule has 1 fully saturated rings. The maximum absolute atomic E-state index is 11.0. The molecular formula is C15H30O5Si. The summed E-state index contributed by atoms with van der Waals surface area (Å²) in [5, 5.41) is 0. The Morgan fingerprint density at radius 2 is 1.48 bits per heavy atom. The lowest BCUT2D eigenvalue weighted by atomic mass is 10.1. The summed E-state index contributed by atoms with van der Waals surface area (Å²) in [6, 6.07) is 3.01. The summed E-state index contributed by atoms with van der Waals surface area (Å²) in [4.78, 5) is 27.0. The van der Waals surface area contributed by atoms with E-state index in [1.54, 1.807) is 0 Å². The number of carbonyl (C=O) groups excluding carboxylic acids is 1. The zero-order chi connectivity index (χ0) is 15.8. The van der Waals surface area contributed by atoms with Crippen LogP contribution < -0.4 is 0 Å². The molecule has 124 valence electrons. The molecule has 21 heavy (non-hydrogen) atoms. The third-order valence-electron chi connectivity index (χ3n) is 4.48. The summed E-state index contributed by atoms with van der Waals surface area (Å²) in [6.45, 7) is 7.77. The molecule has 0 bridgehead atoms. The minimum atomic E-state index is -1.86. The Bertz CT molecular complexity index is 301. The van der Waals surface area contributed by atoms with Crippen LogP contribution in [0, 0.1) is 0 Å². The van der Waals surface area contributed by atoms with E-state index in [0.717, 1.165) is 43.8 Å². The van der Waals surface area contributed by atoms with Crippen molar-refractivity contribution in [2.45, 2.75) is 90.1 Å². The summed E-state index contributed by atoms with van der Waals surface area (Å²) in [5.41, 5.74) is 0. The summed E-state index contributed by atoms with van der Waals surface area (Å²) < 4.78 is 5.93. The standard InChI is InChI=1S/C15H30O5Si/c1-5-21(6-2,7-3)20-19-15(18-17-14(4)16)12-10-8-9-11-13-15/h5-13H2,1-4H3. The number of hydrogen-bond donors (Lipinski definition) is 0. The van der Waals surface area contributed by atoms with Gasteiger partial charge in [0.15, 0.2) is 0 Å². The van der Waals surface area contributed by atoms with E-state index < -0.39 is 20.1 Å². The van der Waals surface area contributed by atoms with Crippen LogP contribution in [0.2, 0.25) is 18.1 Å². The Morgan fingerprint density at radius 3 is 1.90 bits per heavy atom. The van der Waals surface area contributed by atoms with Crippen LogP contribution in [-0.2, 0) is 24.0 Å². The van der Waals surface area contributed by atoms with Crippen molar-refractivity contribution < 1.29 is 24.0 Å². The fourth-order valence-corrected chi connectivity index (χ4v) is 4.86. The lowest BCUT2D eigenvalue weighted by Gasteiger charge is -2.34. The van der Waals surface area contributed by atoms with Crippen molar-refractivity contribution in [2.75, 3.05) is 0 Å². The summed E-state index contributed by atoms with van der Waals surface area (Å²) in [7, 11) is -1.86. The molecule has 0 spiro atoms. The quantitative estimate of drug-likeness (QED) is 0.217. The predicted octanol–water partition coefficient (Wildman–Crippen LogP) is 4.49. The second-order valence-corrected chi connectivity index (χ2v) is 10.5. The highest BCUT2D eigenvalue weighted by molar-refractivity contribution is 6.73. The maximum Gasteiger partial charge on any atom is 0.339 e. The van der Waals surface area contributed by atoms with Gasteiger partial charge < -0.3 is 0 Å². The van der Waals surface area contributed by atoms with Crippen LogP contribution in [0.4, 0.5) is 0 Å². The van der Waals surface area contributed by atoms with Crippen molar-refractivity contribution in [3.05, 3.63) is 0 Å². The molecular weight excluding hydrogens is 288 g/mol. The van der Waals surface area contributed by atoms with Gasteiger partial charge in [-0.25, -0.2) is 9.68 Å². The molecule has 0 unspecified atom stereocenters. The van der Waals surface area contributed by atoms with Crippen LogP contribution in [0.5, 0.6) is 0 Å².